The highest BCUT2D eigenvalue weighted by atomic mass is 32.1. The van der Waals surface area contributed by atoms with E-state index < -0.39 is 6.10 Å². The van der Waals surface area contributed by atoms with Gasteiger partial charge in [0.05, 0.1) is 22.9 Å². The zero-order valence-electron chi connectivity index (χ0n) is 7.92. The molecule has 2 rings (SSSR count). The number of hydrogen-bond acceptors (Lipinski definition) is 6. The highest BCUT2D eigenvalue weighted by Crippen LogP contribution is 2.24. The Morgan fingerprint density at radius 1 is 1.47 bits per heavy atom. The molecule has 5 nitrogen and oxygen atoms in total. The average molecular weight is 225 g/mol. The summed E-state index contributed by atoms with van der Waals surface area (Å²) in [6, 6.07) is 1.91. The lowest BCUT2D eigenvalue weighted by molar-refractivity contribution is 0.105. The highest BCUT2D eigenvalue weighted by molar-refractivity contribution is 7.17. The van der Waals surface area contributed by atoms with Crippen LogP contribution in [-0.2, 0) is 0 Å². The van der Waals surface area contributed by atoms with Crippen LogP contribution in [-0.4, -0.2) is 39.4 Å². The molecule has 2 heterocycles. The van der Waals surface area contributed by atoms with Gasteiger partial charge < -0.3 is 15.5 Å². The molecule has 6 heteroatoms. The molecule has 2 aromatic heterocycles. The molecule has 80 valence electrons. The molecule has 0 radical (unpaired) electrons. The fourth-order valence-electron chi connectivity index (χ4n) is 1.19. The lowest BCUT2D eigenvalue weighted by Gasteiger charge is -2.09. The molecule has 1 atom stereocenters. The Balaban J connectivity index is 2.17. The third-order valence-electron chi connectivity index (χ3n) is 1.96. The van der Waals surface area contributed by atoms with Gasteiger partial charge in [-0.05, 0) is 11.4 Å². The topological polar surface area (TPSA) is 78.3 Å². The second kappa shape index (κ2) is 4.52. The lowest BCUT2D eigenvalue weighted by atomic mass is 10.3. The molecule has 0 saturated heterocycles. The first kappa shape index (κ1) is 10.3. The van der Waals surface area contributed by atoms with Gasteiger partial charge in [0.1, 0.15) is 12.1 Å². The van der Waals surface area contributed by atoms with Crippen molar-refractivity contribution in [1.82, 2.24) is 9.97 Å². The van der Waals surface area contributed by atoms with Gasteiger partial charge in [-0.15, -0.1) is 11.3 Å². The maximum absolute atomic E-state index is 9.19. The van der Waals surface area contributed by atoms with E-state index in [-0.39, 0.29) is 13.2 Å². The maximum Gasteiger partial charge on any atom is 0.147 e. The van der Waals surface area contributed by atoms with Gasteiger partial charge in [0.25, 0.3) is 0 Å². The number of thiophene rings is 1. The first-order valence-corrected chi connectivity index (χ1v) is 5.40. The van der Waals surface area contributed by atoms with Crippen molar-refractivity contribution >= 4 is 27.4 Å². The van der Waals surface area contributed by atoms with E-state index in [9.17, 15) is 5.11 Å². The van der Waals surface area contributed by atoms with Gasteiger partial charge in [0.15, 0.2) is 0 Å². The van der Waals surface area contributed by atoms with E-state index in [4.69, 9.17) is 5.11 Å². The van der Waals surface area contributed by atoms with Crippen LogP contribution in [0.3, 0.4) is 0 Å². The van der Waals surface area contributed by atoms with Crippen LogP contribution >= 0.6 is 11.3 Å². The van der Waals surface area contributed by atoms with Crippen LogP contribution < -0.4 is 5.32 Å². The summed E-state index contributed by atoms with van der Waals surface area (Å²) in [6.07, 6.45) is 0.706. The van der Waals surface area contributed by atoms with Gasteiger partial charge in [-0.3, -0.25) is 0 Å². The van der Waals surface area contributed by atoms with Crippen LogP contribution in [0.15, 0.2) is 17.8 Å². The molecule has 0 fully saturated rings. The Morgan fingerprint density at radius 3 is 3.13 bits per heavy atom. The van der Waals surface area contributed by atoms with Gasteiger partial charge >= 0.3 is 0 Å². The Morgan fingerprint density at radius 2 is 2.33 bits per heavy atom. The van der Waals surface area contributed by atoms with Gasteiger partial charge in [0, 0.05) is 6.54 Å². The molecule has 3 N–H and O–H groups in total. The fraction of sp³-hybridized carbons (Fsp3) is 0.333. The van der Waals surface area contributed by atoms with Crippen molar-refractivity contribution in [2.45, 2.75) is 6.10 Å². The van der Waals surface area contributed by atoms with Crippen LogP contribution in [0.1, 0.15) is 0 Å². The normalized spacial score (nSPS) is 12.9. The van der Waals surface area contributed by atoms with Crippen molar-refractivity contribution in [1.29, 1.82) is 0 Å². The summed E-state index contributed by atoms with van der Waals surface area (Å²) in [7, 11) is 0. The zero-order chi connectivity index (χ0) is 10.7. The average Bonchev–Trinajstić information content (AvgIpc) is 2.74. The minimum Gasteiger partial charge on any atom is -0.394 e. The highest BCUT2D eigenvalue weighted by Gasteiger charge is 2.06. The van der Waals surface area contributed by atoms with Gasteiger partial charge in [0.2, 0.25) is 0 Å². The molecule has 1 unspecified atom stereocenters. The molecule has 0 aliphatic heterocycles. The van der Waals surface area contributed by atoms with Gasteiger partial charge in [-0.1, -0.05) is 0 Å². The number of hydrogen-bond donors (Lipinski definition) is 3. The number of anilines is 1. The second-order valence-electron chi connectivity index (χ2n) is 3.07. The zero-order valence-corrected chi connectivity index (χ0v) is 8.74. The number of fused-ring (bicyclic) bond motifs is 1. The number of nitrogens with zero attached hydrogens (tertiary/aromatic N) is 2. The van der Waals surface area contributed by atoms with Gasteiger partial charge in [-0.2, -0.15) is 0 Å². The molecule has 0 bridgehead atoms. The van der Waals surface area contributed by atoms with E-state index in [0.717, 1.165) is 10.2 Å². The first-order chi connectivity index (χ1) is 7.31. The first-order valence-electron chi connectivity index (χ1n) is 4.52. The number of aromatic nitrogens is 2. The molecule has 0 aliphatic carbocycles. The van der Waals surface area contributed by atoms with Crippen LogP contribution in [0.5, 0.6) is 0 Å². The molecule has 0 amide bonds. The second-order valence-corrected chi connectivity index (χ2v) is 3.99. The van der Waals surface area contributed by atoms with Crippen LogP contribution in [0, 0.1) is 0 Å². The molecule has 0 aliphatic rings. The van der Waals surface area contributed by atoms with E-state index in [1.54, 1.807) is 11.3 Å². The smallest absolute Gasteiger partial charge is 0.147 e. The third-order valence-corrected chi connectivity index (χ3v) is 2.87. The fourth-order valence-corrected chi connectivity index (χ4v) is 2.00. The summed E-state index contributed by atoms with van der Waals surface area (Å²) in [5.41, 5.74) is 0.885. The third kappa shape index (κ3) is 2.23. The minimum absolute atomic E-state index is 0.258. The molecule has 2 aromatic rings. The SMILES string of the molecule is OCC(O)CNc1ncnc2ccsc12. The van der Waals surface area contributed by atoms with Crippen LogP contribution in [0.4, 0.5) is 5.82 Å². The van der Waals surface area contributed by atoms with Crippen molar-refractivity contribution < 1.29 is 10.2 Å². The summed E-state index contributed by atoms with van der Waals surface area (Å²) >= 11 is 1.54. The molecule has 0 aromatic carbocycles. The molecule has 0 saturated carbocycles. The molecule has 15 heavy (non-hydrogen) atoms. The summed E-state index contributed by atoms with van der Waals surface area (Å²) in [5.74, 6) is 0.697. The molecule has 0 spiro atoms. The standard InChI is InChI=1S/C9H11N3O2S/c13-4-6(14)3-10-9-8-7(1-2-15-8)11-5-12-9/h1-2,5-6,13-14H,3-4H2,(H,10,11,12). The van der Waals surface area contributed by atoms with E-state index >= 15 is 0 Å². The van der Waals surface area contributed by atoms with Crippen molar-refractivity contribution in [3.63, 3.8) is 0 Å². The predicted molar refractivity (Wildman–Crippen MR) is 59.0 cm³/mol. The largest absolute Gasteiger partial charge is 0.394 e. The van der Waals surface area contributed by atoms with E-state index in [2.05, 4.69) is 15.3 Å². The molecular formula is C9H11N3O2S. The van der Waals surface area contributed by atoms with Gasteiger partial charge in [-0.25, -0.2) is 9.97 Å². The van der Waals surface area contributed by atoms with E-state index in [1.807, 2.05) is 11.4 Å². The Bertz CT molecular complexity index is 446. The predicted octanol–water partition coefficient (Wildman–Crippen LogP) is 0.456. The number of rotatable bonds is 4. The summed E-state index contributed by atoms with van der Waals surface area (Å²) < 4.78 is 0.961. The minimum atomic E-state index is -0.769. The summed E-state index contributed by atoms with van der Waals surface area (Å²) in [5, 5.41) is 22.8. The Hall–Kier alpha value is -1.24. The number of aliphatic hydroxyl groups excluding tert-OH is 2. The quantitative estimate of drug-likeness (QED) is 0.704. The summed E-state index contributed by atoms with van der Waals surface area (Å²) in [4.78, 5) is 8.18. The maximum atomic E-state index is 9.19. The Labute approximate surface area is 90.4 Å². The van der Waals surface area contributed by atoms with Crippen molar-refractivity contribution in [2.24, 2.45) is 0 Å². The lowest BCUT2D eigenvalue weighted by Crippen LogP contribution is -2.23. The number of aliphatic hydroxyl groups is 2. The van der Waals surface area contributed by atoms with Crippen molar-refractivity contribution in [3.05, 3.63) is 17.8 Å². The molecular weight excluding hydrogens is 214 g/mol. The van der Waals surface area contributed by atoms with Crippen molar-refractivity contribution in [3.8, 4) is 0 Å². The van der Waals surface area contributed by atoms with Crippen molar-refractivity contribution in [2.75, 3.05) is 18.5 Å². The van der Waals surface area contributed by atoms with Crippen LogP contribution in [0.2, 0.25) is 0 Å². The summed E-state index contributed by atoms with van der Waals surface area (Å²) in [6.45, 7) is 0.0200. The number of nitrogens with one attached hydrogen (secondary N) is 1. The Kier molecular flexibility index (Phi) is 3.10. The monoisotopic (exact) mass is 225 g/mol. The van der Waals surface area contributed by atoms with Crippen LogP contribution in [0.25, 0.3) is 10.2 Å². The van der Waals surface area contributed by atoms with E-state index in [1.165, 1.54) is 6.33 Å². The van der Waals surface area contributed by atoms with E-state index in [0.29, 0.717) is 5.82 Å².